The van der Waals surface area contributed by atoms with Crippen LogP contribution < -0.4 is 15.8 Å². The topological polar surface area (TPSA) is 64.4 Å². The summed E-state index contributed by atoms with van der Waals surface area (Å²) >= 11 is 0. The van der Waals surface area contributed by atoms with Gasteiger partial charge < -0.3 is 15.8 Å². The molecular formula is C15H24N2O2. The number of benzene rings is 1. The van der Waals surface area contributed by atoms with Crippen LogP contribution in [-0.4, -0.2) is 13.0 Å². The smallest absolute Gasteiger partial charge is 0.224 e. The number of methoxy groups -OCH3 is 1. The first-order chi connectivity index (χ1) is 9.17. The van der Waals surface area contributed by atoms with Gasteiger partial charge in [0.1, 0.15) is 5.75 Å². The standard InChI is InChI=1S/C15H24N2O2/c1-3-4-5-6-7-8-15(18)17-13-11-12(16)9-10-14(13)19-2/h9-11H,3-8,16H2,1-2H3,(H,17,18). The summed E-state index contributed by atoms with van der Waals surface area (Å²) in [7, 11) is 1.58. The van der Waals surface area contributed by atoms with E-state index in [-0.39, 0.29) is 5.91 Å². The molecule has 0 aliphatic rings. The molecule has 4 nitrogen and oxygen atoms in total. The molecule has 0 atom stereocenters. The molecule has 0 saturated carbocycles. The van der Waals surface area contributed by atoms with E-state index in [0.29, 0.717) is 23.5 Å². The molecular weight excluding hydrogens is 240 g/mol. The first kappa shape index (κ1) is 15.3. The van der Waals surface area contributed by atoms with Crippen LogP contribution in [-0.2, 0) is 4.79 Å². The number of nitrogens with one attached hydrogen (secondary N) is 1. The van der Waals surface area contributed by atoms with Crippen molar-refractivity contribution < 1.29 is 9.53 Å². The highest BCUT2D eigenvalue weighted by Gasteiger charge is 2.07. The monoisotopic (exact) mass is 264 g/mol. The van der Waals surface area contributed by atoms with Crippen molar-refractivity contribution in [2.45, 2.75) is 45.4 Å². The molecule has 3 N–H and O–H groups in total. The Bertz CT molecular complexity index is 405. The van der Waals surface area contributed by atoms with Gasteiger partial charge in [0, 0.05) is 12.1 Å². The van der Waals surface area contributed by atoms with Gasteiger partial charge in [0.05, 0.1) is 12.8 Å². The molecule has 4 heteroatoms. The lowest BCUT2D eigenvalue weighted by molar-refractivity contribution is -0.116. The van der Waals surface area contributed by atoms with Crippen LogP contribution in [0.25, 0.3) is 0 Å². The number of nitrogens with two attached hydrogens (primary N) is 1. The molecule has 0 radical (unpaired) electrons. The van der Waals surface area contributed by atoms with E-state index < -0.39 is 0 Å². The Morgan fingerprint density at radius 1 is 1.26 bits per heavy atom. The average molecular weight is 264 g/mol. The highest BCUT2D eigenvalue weighted by Crippen LogP contribution is 2.26. The molecule has 0 unspecified atom stereocenters. The number of anilines is 2. The number of unbranched alkanes of at least 4 members (excludes halogenated alkanes) is 4. The van der Waals surface area contributed by atoms with E-state index in [9.17, 15) is 4.79 Å². The van der Waals surface area contributed by atoms with Gasteiger partial charge in [0.15, 0.2) is 0 Å². The van der Waals surface area contributed by atoms with Crippen molar-refractivity contribution in [3.8, 4) is 5.75 Å². The molecule has 106 valence electrons. The predicted molar refractivity (Wildman–Crippen MR) is 79.4 cm³/mol. The number of nitrogen functional groups attached to an aromatic ring is 1. The van der Waals surface area contributed by atoms with Crippen LogP contribution in [0.1, 0.15) is 45.4 Å². The summed E-state index contributed by atoms with van der Waals surface area (Å²) in [4.78, 5) is 11.8. The molecule has 0 fully saturated rings. The summed E-state index contributed by atoms with van der Waals surface area (Å²) in [5.74, 6) is 0.647. The fourth-order valence-corrected chi connectivity index (χ4v) is 1.93. The summed E-state index contributed by atoms with van der Waals surface area (Å²) in [5, 5.41) is 2.85. The fourth-order valence-electron chi connectivity index (χ4n) is 1.93. The Hall–Kier alpha value is -1.71. The van der Waals surface area contributed by atoms with Crippen molar-refractivity contribution in [1.82, 2.24) is 0 Å². The molecule has 0 aromatic heterocycles. The Labute approximate surface area is 115 Å². The van der Waals surface area contributed by atoms with Gasteiger partial charge in [-0.1, -0.05) is 32.6 Å². The van der Waals surface area contributed by atoms with Crippen molar-refractivity contribution in [1.29, 1.82) is 0 Å². The van der Waals surface area contributed by atoms with Crippen LogP contribution in [0.15, 0.2) is 18.2 Å². The van der Waals surface area contributed by atoms with Crippen LogP contribution in [0.3, 0.4) is 0 Å². The number of ether oxygens (including phenoxy) is 1. The second-order valence-corrected chi connectivity index (χ2v) is 4.67. The summed E-state index contributed by atoms with van der Waals surface area (Å²) in [6, 6.07) is 5.22. The van der Waals surface area contributed by atoms with Gasteiger partial charge >= 0.3 is 0 Å². The lowest BCUT2D eigenvalue weighted by Crippen LogP contribution is -2.12. The zero-order valence-electron chi connectivity index (χ0n) is 11.9. The molecule has 1 rings (SSSR count). The lowest BCUT2D eigenvalue weighted by Gasteiger charge is -2.10. The molecule has 1 amide bonds. The molecule has 0 heterocycles. The van der Waals surface area contributed by atoms with Gasteiger partial charge in [0.2, 0.25) is 5.91 Å². The Balaban J connectivity index is 2.41. The van der Waals surface area contributed by atoms with Gasteiger partial charge in [0.25, 0.3) is 0 Å². The van der Waals surface area contributed by atoms with Crippen LogP contribution in [0.2, 0.25) is 0 Å². The number of amides is 1. The minimum absolute atomic E-state index is 0.0143. The summed E-state index contributed by atoms with van der Waals surface area (Å²) in [6.45, 7) is 2.18. The Kier molecular flexibility index (Phi) is 6.79. The second kappa shape index (κ2) is 8.40. The highest BCUT2D eigenvalue weighted by atomic mass is 16.5. The van der Waals surface area contributed by atoms with Crippen LogP contribution in [0.4, 0.5) is 11.4 Å². The predicted octanol–water partition coefficient (Wildman–Crippen LogP) is 3.58. The van der Waals surface area contributed by atoms with Crippen molar-refractivity contribution >= 4 is 17.3 Å². The molecule has 0 aliphatic heterocycles. The van der Waals surface area contributed by atoms with E-state index in [4.69, 9.17) is 10.5 Å². The molecule has 0 spiro atoms. The number of carbonyl (C=O) groups excluding carboxylic acids is 1. The molecule has 1 aromatic rings. The largest absolute Gasteiger partial charge is 0.495 e. The Morgan fingerprint density at radius 2 is 2.00 bits per heavy atom. The molecule has 1 aromatic carbocycles. The summed E-state index contributed by atoms with van der Waals surface area (Å²) in [6.07, 6.45) is 6.23. The van der Waals surface area contributed by atoms with E-state index in [2.05, 4.69) is 12.2 Å². The van der Waals surface area contributed by atoms with Crippen molar-refractivity contribution in [2.24, 2.45) is 0 Å². The Morgan fingerprint density at radius 3 is 2.68 bits per heavy atom. The van der Waals surface area contributed by atoms with Gasteiger partial charge in [-0.2, -0.15) is 0 Å². The first-order valence-corrected chi connectivity index (χ1v) is 6.90. The molecule has 0 bridgehead atoms. The third-order valence-corrected chi connectivity index (χ3v) is 3.01. The van der Waals surface area contributed by atoms with Crippen LogP contribution in [0, 0.1) is 0 Å². The number of carbonyl (C=O) groups is 1. The van der Waals surface area contributed by atoms with E-state index >= 15 is 0 Å². The number of hydrogen-bond acceptors (Lipinski definition) is 3. The van der Waals surface area contributed by atoms with Crippen LogP contribution >= 0.6 is 0 Å². The zero-order chi connectivity index (χ0) is 14.1. The first-order valence-electron chi connectivity index (χ1n) is 6.90. The maximum Gasteiger partial charge on any atom is 0.224 e. The van der Waals surface area contributed by atoms with Gasteiger partial charge in [-0.25, -0.2) is 0 Å². The molecule has 0 aliphatic carbocycles. The summed E-state index contributed by atoms with van der Waals surface area (Å²) < 4.78 is 5.19. The van der Waals surface area contributed by atoms with E-state index in [0.717, 1.165) is 12.8 Å². The quantitative estimate of drug-likeness (QED) is 0.557. The highest BCUT2D eigenvalue weighted by molar-refractivity contribution is 5.92. The van der Waals surface area contributed by atoms with E-state index in [1.54, 1.807) is 25.3 Å². The lowest BCUT2D eigenvalue weighted by atomic mass is 10.1. The number of rotatable bonds is 8. The van der Waals surface area contributed by atoms with Crippen LogP contribution in [0.5, 0.6) is 5.75 Å². The minimum Gasteiger partial charge on any atom is -0.495 e. The van der Waals surface area contributed by atoms with Crippen molar-refractivity contribution in [3.63, 3.8) is 0 Å². The summed E-state index contributed by atoms with van der Waals surface area (Å²) in [5.41, 5.74) is 6.96. The normalized spacial score (nSPS) is 10.2. The fraction of sp³-hybridized carbons (Fsp3) is 0.533. The average Bonchev–Trinajstić information content (AvgIpc) is 2.39. The maximum absolute atomic E-state index is 11.8. The minimum atomic E-state index is 0.0143. The third kappa shape index (κ3) is 5.64. The number of hydrogen-bond donors (Lipinski definition) is 2. The SMILES string of the molecule is CCCCCCCC(=O)Nc1cc(N)ccc1OC. The third-order valence-electron chi connectivity index (χ3n) is 3.01. The second-order valence-electron chi connectivity index (χ2n) is 4.67. The zero-order valence-corrected chi connectivity index (χ0v) is 11.9. The van der Waals surface area contributed by atoms with Crippen molar-refractivity contribution in [2.75, 3.05) is 18.2 Å². The molecule has 0 saturated heterocycles. The van der Waals surface area contributed by atoms with Gasteiger partial charge in [-0.15, -0.1) is 0 Å². The van der Waals surface area contributed by atoms with E-state index in [1.807, 2.05) is 0 Å². The van der Waals surface area contributed by atoms with Gasteiger partial charge in [-0.3, -0.25) is 4.79 Å². The maximum atomic E-state index is 11.8. The molecule has 19 heavy (non-hydrogen) atoms. The van der Waals surface area contributed by atoms with E-state index in [1.165, 1.54) is 19.3 Å². The van der Waals surface area contributed by atoms with Gasteiger partial charge in [-0.05, 0) is 24.6 Å². The van der Waals surface area contributed by atoms with Crippen molar-refractivity contribution in [3.05, 3.63) is 18.2 Å².